The molecule has 19 heavy (non-hydrogen) atoms. The number of nitrogens with one attached hydrogen (secondary N) is 1. The average Bonchev–Trinajstić information content (AvgIpc) is 3.10. The third kappa shape index (κ3) is 1.40. The van der Waals surface area contributed by atoms with Crippen molar-refractivity contribution in [1.29, 1.82) is 0 Å². The van der Waals surface area contributed by atoms with E-state index in [-0.39, 0.29) is 35.5 Å². The van der Waals surface area contributed by atoms with Gasteiger partial charge in [0.15, 0.2) is 0 Å². The molecule has 4 rings (SSSR count). The number of rotatable bonds is 2. The number of fused-ring (bicyclic) bond motifs is 5. The molecule has 1 aromatic rings. The van der Waals surface area contributed by atoms with Gasteiger partial charge in [-0.2, -0.15) is 5.01 Å². The smallest absolute Gasteiger partial charge is 0.252 e. The number of anilines is 1. The lowest BCUT2D eigenvalue weighted by molar-refractivity contribution is -0.139. The summed E-state index contributed by atoms with van der Waals surface area (Å²) in [7, 11) is 0. The van der Waals surface area contributed by atoms with E-state index in [1.54, 1.807) is 0 Å². The van der Waals surface area contributed by atoms with E-state index in [2.05, 4.69) is 17.6 Å². The number of benzene rings is 1. The summed E-state index contributed by atoms with van der Waals surface area (Å²) in [6.45, 7) is 0. The van der Waals surface area contributed by atoms with Gasteiger partial charge in [0.2, 0.25) is 0 Å². The maximum Gasteiger partial charge on any atom is 0.252 e. The number of para-hydroxylation sites is 1. The van der Waals surface area contributed by atoms with Crippen molar-refractivity contribution in [1.82, 2.24) is 5.01 Å². The zero-order valence-electron chi connectivity index (χ0n) is 10.3. The van der Waals surface area contributed by atoms with Crippen LogP contribution in [0, 0.1) is 23.7 Å². The van der Waals surface area contributed by atoms with Crippen LogP contribution in [0.2, 0.25) is 0 Å². The van der Waals surface area contributed by atoms with Crippen LogP contribution in [0.3, 0.4) is 0 Å². The molecule has 1 saturated heterocycles. The number of hydrogen-bond acceptors (Lipinski definition) is 3. The van der Waals surface area contributed by atoms with E-state index in [0.29, 0.717) is 0 Å². The van der Waals surface area contributed by atoms with Gasteiger partial charge < -0.3 is 0 Å². The lowest BCUT2D eigenvalue weighted by Gasteiger charge is -2.19. The van der Waals surface area contributed by atoms with Crippen LogP contribution in [-0.2, 0) is 9.59 Å². The lowest BCUT2D eigenvalue weighted by atomic mass is 9.85. The minimum Gasteiger partial charge on any atom is -0.289 e. The SMILES string of the molecule is O=C1[C@@H]2[C@H](C(=O)N1Nc1ccccc1)[C@@H]1C=C[C@@H]2C1. The van der Waals surface area contributed by atoms with Crippen molar-refractivity contribution >= 4 is 17.5 Å². The normalized spacial score (nSPS) is 35.1. The first-order valence-electron chi connectivity index (χ1n) is 6.63. The van der Waals surface area contributed by atoms with Gasteiger partial charge in [-0.25, -0.2) is 0 Å². The van der Waals surface area contributed by atoms with E-state index in [0.717, 1.165) is 12.1 Å². The quantitative estimate of drug-likeness (QED) is 0.647. The van der Waals surface area contributed by atoms with E-state index in [9.17, 15) is 9.59 Å². The first-order valence-corrected chi connectivity index (χ1v) is 6.63. The van der Waals surface area contributed by atoms with Crippen LogP contribution in [0.15, 0.2) is 42.5 Å². The van der Waals surface area contributed by atoms with Crippen LogP contribution in [0.4, 0.5) is 5.69 Å². The fourth-order valence-electron chi connectivity index (χ4n) is 3.65. The van der Waals surface area contributed by atoms with Crippen LogP contribution in [0.5, 0.6) is 0 Å². The molecule has 1 heterocycles. The Balaban J connectivity index is 1.62. The van der Waals surface area contributed by atoms with Gasteiger partial charge in [-0.05, 0) is 30.4 Å². The summed E-state index contributed by atoms with van der Waals surface area (Å²) >= 11 is 0. The van der Waals surface area contributed by atoms with Gasteiger partial charge in [0.1, 0.15) is 0 Å². The molecule has 1 N–H and O–H groups in total. The molecular weight excluding hydrogens is 240 g/mol. The van der Waals surface area contributed by atoms with E-state index >= 15 is 0 Å². The monoisotopic (exact) mass is 254 g/mol. The zero-order chi connectivity index (χ0) is 13.0. The molecule has 3 aliphatic rings. The van der Waals surface area contributed by atoms with Crippen molar-refractivity contribution < 1.29 is 9.59 Å². The Morgan fingerprint density at radius 2 is 1.53 bits per heavy atom. The highest BCUT2D eigenvalue weighted by Crippen LogP contribution is 2.52. The third-order valence-electron chi connectivity index (χ3n) is 4.49. The summed E-state index contributed by atoms with van der Waals surface area (Å²) in [6, 6.07) is 9.35. The van der Waals surface area contributed by atoms with Crippen molar-refractivity contribution in [2.75, 3.05) is 5.43 Å². The summed E-state index contributed by atoms with van der Waals surface area (Å²) in [4.78, 5) is 24.8. The predicted molar refractivity (Wildman–Crippen MR) is 69.6 cm³/mol. The molecule has 1 aliphatic heterocycles. The fourth-order valence-corrected chi connectivity index (χ4v) is 3.65. The van der Waals surface area contributed by atoms with Gasteiger partial charge in [0, 0.05) is 0 Å². The Labute approximate surface area is 111 Å². The molecule has 0 unspecified atom stereocenters. The average molecular weight is 254 g/mol. The maximum atomic E-state index is 12.4. The number of amides is 2. The number of hydrazine groups is 1. The van der Waals surface area contributed by atoms with Crippen LogP contribution in [-0.4, -0.2) is 16.8 Å². The molecular formula is C15H14N2O2. The first kappa shape index (κ1) is 10.8. The number of imide groups is 1. The van der Waals surface area contributed by atoms with Crippen molar-refractivity contribution in [3.05, 3.63) is 42.5 Å². The molecule has 4 heteroatoms. The summed E-state index contributed by atoms with van der Waals surface area (Å²) in [6.07, 6.45) is 5.16. The predicted octanol–water partition coefficient (Wildman–Crippen LogP) is 1.82. The number of carbonyl (C=O) groups is 2. The summed E-state index contributed by atoms with van der Waals surface area (Å²) in [5, 5.41) is 1.22. The van der Waals surface area contributed by atoms with Gasteiger partial charge in [-0.3, -0.25) is 15.0 Å². The second-order valence-electron chi connectivity index (χ2n) is 5.49. The molecule has 0 spiro atoms. The Bertz CT molecular complexity index is 551. The summed E-state index contributed by atoms with van der Waals surface area (Å²) < 4.78 is 0. The molecule has 1 saturated carbocycles. The molecule has 0 radical (unpaired) electrons. The summed E-state index contributed by atoms with van der Waals surface area (Å²) in [5.41, 5.74) is 3.71. The number of carbonyl (C=O) groups excluding carboxylic acids is 2. The largest absolute Gasteiger partial charge is 0.289 e. The highest BCUT2D eigenvalue weighted by molar-refractivity contribution is 6.07. The highest BCUT2D eigenvalue weighted by atomic mass is 16.2. The highest BCUT2D eigenvalue weighted by Gasteiger charge is 2.59. The minimum atomic E-state index is -0.140. The van der Waals surface area contributed by atoms with E-state index in [1.165, 1.54) is 5.01 Å². The molecule has 2 fully saturated rings. The van der Waals surface area contributed by atoms with Crippen LogP contribution >= 0.6 is 0 Å². The number of hydrogen-bond donors (Lipinski definition) is 1. The summed E-state index contributed by atoms with van der Waals surface area (Å²) in [5.74, 6) is 0.0897. The van der Waals surface area contributed by atoms with Crippen molar-refractivity contribution in [3.63, 3.8) is 0 Å². The van der Waals surface area contributed by atoms with Gasteiger partial charge >= 0.3 is 0 Å². The first-order chi connectivity index (χ1) is 9.25. The molecule has 4 atom stereocenters. The molecule has 2 aliphatic carbocycles. The molecule has 2 bridgehead atoms. The third-order valence-corrected chi connectivity index (χ3v) is 4.49. The van der Waals surface area contributed by atoms with Gasteiger partial charge in [-0.1, -0.05) is 30.4 Å². The molecule has 4 nitrogen and oxygen atoms in total. The van der Waals surface area contributed by atoms with E-state index < -0.39 is 0 Å². The second kappa shape index (κ2) is 3.70. The Morgan fingerprint density at radius 3 is 2.11 bits per heavy atom. The second-order valence-corrected chi connectivity index (χ2v) is 5.49. The van der Waals surface area contributed by atoms with Gasteiger partial charge in [0.25, 0.3) is 11.8 Å². The lowest BCUT2D eigenvalue weighted by Crippen LogP contribution is -2.37. The number of allylic oxidation sites excluding steroid dienone is 2. The Morgan fingerprint density at radius 1 is 0.947 bits per heavy atom. The molecule has 1 aromatic carbocycles. The van der Waals surface area contributed by atoms with Crippen LogP contribution in [0.1, 0.15) is 6.42 Å². The van der Waals surface area contributed by atoms with E-state index in [1.807, 2.05) is 30.3 Å². The van der Waals surface area contributed by atoms with Gasteiger partial charge in [0.05, 0.1) is 17.5 Å². The van der Waals surface area contributed by atoms with Crippen LogP contribution < -0.4 is 5.43 Å². The van der Waals surface area contributed by atoms with Crippen molar-refractivity contribution in [2.45, 2.75) is 6.42 Å². The Hall–Kier alpha value is -2.10. The zero-order valence-corrected chi connectivity index (χ0v) is 10.3. The molecule has 0 aromatic heterocycles. The molecule has 2 amide bonds. The van der Waals surface area contributed by atoms with Crippen molar-refractivity contribution in [2.24, 2.45) is 23.7 Å². The van der Waals surface area contributed by atoms with E-state index in [4.69, 9.17) is 0 Å². The Kier molecular flexibility index (Phi) is 2.10. The number of nitrogens with zero attached hydrogens (tertiary/aromatic N) is 1. The fraction of sp³-hybridized carbons (Fsp3) is 0.333. The van der Waals surface area contributed by atoms with Crippen molar-refractivity contribution in [3.8, 4) is 0 Å². The maximum absolute atomic E-state index is 12.4. The minimum absolute atomic E-state index is 0.0734. The van der Waals surface area contributed by atoms with Gasteiger partial charge in [-0.15, -0.1) is 0 Å². The molecule has 96 valence electrons. The standard InChI is InChI=1S/C15H14N2O2/c18-14-12-9-6-7-10(8-9)13(12)15(19)17(14)16-11-4-2-1-3-5-11/h1-7,9-10,12-13,16H,8H2/t9-,10-,12-,13+/m1/s1. The van der Waals surface area contributed by atoms with Crippen LogP contribution in [0.25, 0.3) is 0 Å². The topological polar surface area (TPSA) is 49.4 Å².